The van der Waals surface area contributed by atoms with Crippen LogP contribution in [0.4, 0.5) is 5.69 Å². The average molecular weight is 775 g/mol. The van der Waals surface area contributed by atoms with Gasteiger partial charge in [0.25, 0.3) is 0 Å². The Kier molecular flexibility index (Phi) is 20.5. The molecule has 0 spiro atoms. The summed E-state index contributed by atoms with van der Waals surface area (Å²) in [6.07, 6.45) is 32.1. The fourth-order valence-electron chi connectivity index (χ4n) is 5.90. The fraction of sp³-hybridized carbons (Fsp3) is 0.422. The van der Waals surface area contributed by atoms with E-state index in [4.69, 9.17) is 37.4 Å². The molecule has 0 amide bonds. The third-order valence-electron chi connectivity index (χ3n) is 8.98. The first-order valence-electron chi connectivity index (χ1n) is 19.5. The quantitative estimate of drug-likeness (QED) is 0.0389. The van der Waals surface area contributed by atoms with E-state index >= 15 is 0 Å². The molecule has 54 heavy (non-hydrogen) atoms. The number of anilines is 1. The van der Waals surface area contributed by atoms with Gasteiger partial charge in [0.1, 0.15) is 5.75 Å². The lowest BCUT2D eigenvalue weighted by molar-refractivity contribution is -0.150. The summed E-state index contributed by atoms with van der Waals surface area (Å²) in [6.45, 7) is 7.56. The molecule has 3 aromatic rings. The molecular formula is C45H57Cl2N3O4. The molecule has 0 N–H and O–H groups in total. The number of hydrogen-bond donors (Lipinski definition) is 0. The summed E-state index contributed by atoms with van der Waals surface area (Å²) in [7, 11) is 0. The zero-order valence-electron chi connectivity index (χ0n) is 31.9. The third kappa shape index (κ3) is 16.5. The number of piperazine rings is 1. The van der Waals surface area contributed by atoms with Gasteiger partial charge >= 0.3 is 5.97 Å². The summed E-state index contributed by atoms with van der Waals surface area (Å²) in [4.78, 5) is 21.6. The Morgan fingerprint density at radius 3 is 2.13 bits per heavy atom. The van der Waals surface area contributed by atoms with Crippen LogP contribution >= 0.6 is 23.2 Å². The van der Waals surface area contributed by atoms with E-state index in [2.05, 4.69) is 82.5 Å². The summed E-state index contributed by atoms with van der Waals surface area (Å²) in [5.41, 5.74) is 1.78. The Morgan fingerprint density at radius 2 is 1.43 bits per heavy atom. The summed E-state index contributed by atoms with van der Waals surface area (Å²) in [5, 5.41) is 2.21. The van der Waals surface area contributed by atoms with E-state index in [-0.39, 0.29) is 12.8 Å². The molecule has 1 aliphatic heterocycles. The van der Waals surface area contributed by atoms with Crippen LogP contribution in [0, 0.1) is 0 Å². The number of benzene rings is 2. The van der Waals surface area contributed by atoms with Crippen LogP contribution < -0.4 is 14.4 Å². The van der Waals surface area contributed by atoms with Crippen LogP contribution in [0.5, 0.6) is 11.6 Å². The van der Waals surface area contributed by atoms with Crippen LogP contribution in [0.15, 0.2) is 109 Å². The summed E-state index contributed by atoms with van der Waals surface area (Å²) < 4.78 is 17.0. The second-order valence-corrected chi connectivity index (χ2v) is 14.0. The number of unbranched alkanes of at least 4 members (excludes halogenated alkanes) is 3. The van der Waals surface area contributed by atoms with Crippen LogP contribution in [-0.2, 0) is 9.53 Å². The number of carbonyl (C=O) groups is 1. The van der Waals surface area contributed by atoms with E-state index in [1.165, 1.54) is 6.42 Å². The Hall–Kier alpha value is -4.04. The van der Waals surface area contributed by atoms with Gasteiger partial charge in [0, 0.05) is 50.1 Å². The molecule has 0 saturated carbocycles. The van der Waals surface area contributed by atoms with Gasteiger partial charge in [0.05, 0.1) is 27.9 Å². The minimum absolute atomic E-state index is 0.168. The van der Waals surface area contributed by atoms with Gasteiger partial charge in [-0.2, -0.15) is 0 Å². The van der Waals surface area contributed by atoms with Gasteiger partial charge in [-0.1, -0.05) is 103 Å². The highest BCUT2D eigenvalue weighted by Crippen LogP contribution is 2.33. The van der Waals surface area contributed by atoms with E-state index in [0.29, 0.717) is 29.0 Å². The van der Waals surface area contributed by atoms with Crippen LogP contribution in [-0.4, -0.2) is 62.0 Å². The van der Waals surface area contributed by atoms with Gasteiger partial charge in [0.2, 0.25) is 12.7 Å². The Balaban J connectivity index is 1.02. The lowest BCUT2D eigenvalue weighted by atomic mass is 10.2. The molecule has 1 fully saturated rings. The number of aromatic nitrogens is 1. The first-order chi connectivity index (χ1) is 26.5. The lowest BCUT2D eigenvalue weighted by Crippen LogP contribution is -2.46. The third-order valence-corrected chi connectivity index (χ3v) is 9.78. The van der Waals surface area contributed by atoms with Crippen LogP contribution in [0.25, 0.3) is 10.9 Å². The molecule has 0 aliphatic carbocycles. The van der Waals surface area contributed by atoms with Crippen molar-refractivity contribution in [2.75, 3.05) is 51.0 Å². The van der Waals surface area contributed by atoms with E-state index in [0.717, 1.165) is 113 Å². The number of esters is 1. The zero-order valence-corrected chi connectivity index (χ0v) is 33.4. The van der Waals surface area contributed by atoms with Crippen molar-refractivity contribution in [1.29, 1.82) is 0 Å². The predicted molar refractivity (Wildman–Crippen MR) is 226 cm³/mol. The number of pyridine rings is 1. The summed E-state index contributed by atoms with van der Waals surface area (Å²) >= 11 is 12.6. The smallest absolute Gasteiger partial charge is 0.308 e. The van der Waals surface area contributed by atoms with Crippen LogP contribution in [0.2, 0.25) is 10.0 Å². The van der Waals surface area contributed by atoms with Gasteiger partial charge in [-0.05, 0) is 94.7 Å². The molecule has 2 heterocycles. The summed E-state index contributed by atoms with van der Waals surface area (Å²) in [5.74, 6) is 0.895. The number of nitrogens with zero attached hydrogens (tertiary/aromatic N) is 3. The average Bonchev–Trinajstić information content (AvgIpc) is 3.18. The van der Waals surface area contributed by atoms with E-state index in [1.807, 2.05) is 42.5 Å². The molecule has 0 radical (unpaired) electrons. The number of ether oxygens (including phenoxy) is 3. The Morgan fingerprint density at radius 1 is 0.759 bits per heavy atom. The number of hydrogen-bond acceptors (Lipinski definition) is 7. The first-order valence-corrected chi connectivity index (χ1v) is 20.3. The second-order valence-electron chi connectivity index (χ2n) is 13.2. The molecule has 0 bridgehead atoms. The minimum Gasteiger partial charge on any atom is -0.494 e. The molecular weight excluding hydrogens is 717 g/mol. The number of rotatable bonds is 24. The maximum absolute atomic E-state index is 12.2. The SMILES string of the molecule is CCCC=CCC=CCC=CCC=CCC=CCCCC(=O)OCOc1ccc2ccc(OCCCCN3CCN(c4cccc(Cl)c4Cl)CC3)cc2n1. The van der Waals surface area contributed by atoms with Crippen molar-refractivity contribution >= 4 is 45.8 Å². The maximum Gasteiger partial charge on any atom is 0.308 e. The van der Waals surface area contributed by atoms with E-state index in [9.17, 15) is 4.79 Å². The highest BCUT2D eigenvalue weighted by Gasteiger charge is 2.19. The number of halogens is 2. The molecule has 1 aromatic heterocycles. The van der Waals surface area contributed by atoms with Crippen molar-refractivity contribution in [1.82, 2.24) is 9.88 Å². The van der Waals surface area contributed by atoms with Gasteiger partial charge in [-0.15, -0.1) is 0 Å². The first kappa shape index (κ1) is 42.7. The number of fused-ring (bicyclic) bond motifs is 1. The number of carbonyl (C=O) groups excluding carboxylic acids is 1. The zero-order chi connectivity index (χ0) is 38.1. The fourth-order valence-corrected chi connectivity index (χ4v) is 6.32. The second kappa shape index (κ2) is 25.9. The Bertz CT molecular complexity index is 1700. The van der Waals surface area contributed by atoms with Crippen molar-refractivity contribution in [2.45, 2.75) is 77.6 Å². The van der Waals surface area contributed by atoms with Crippen molar-refractivity contribution in [3.05, 3.63) is 119 Å². The molecule has 7 nitrogen and oxygen atoms in total. The standard InChI is InChI=1S/C45H57Cl2N3O4/c1-2-3-4-5-6-7-8-9-10-11-12-13-14-15-16-17-18-19-25-44(51)54-37-53-43-29-27-38-26-28-39(36-41(38)48-43)52-35-21-20-30-49-31-33-50(34-32-49)42-24-22-23-40(46)45(42)47/h4-5,7-8,10-11,13-14,16-17,22-24,26-29,36H,2-3,6,9,12,15,18-21,25,30-35,37H2,1H3. The minimum atomic E-state index is -0.279. The molecule has 0 atom stereocenters. The van der Waals surface area contributed by atoms with Crippen LogP contribution in [0.1, 0.15) is 77.6 Å². The molecule has 1 aliphatic rings. The lowest BCUT2D eigenvalue weighted by Gasteiger charge is -2.36. The molecule has 2 aromatic carbocycles. The maximum atomic E-state index is 12.2. The van der Waals surface area contributed by atoms with Gasteiger partial charge in [0.15, 0.2) is 0 Å². The van der Waals surface area contributed by atoms with Crippen molar-refractivity contribution in [2.24, 2.45) is 0 Å². The largest absolute Gasteiger partial charge is 0.494 e. The number of allylic oxidation sites excluding steroid dienone is 10. The predicted octanol–water partition coefficient (Wildman–Crippen LogP) is 11.7. The van der Waals surface area contributed by atoms with Crippen molar-refractivity contribution < 1.29 is 19.0 Å². The van der Waals surface area contributed by atoms with Crippen molar-refractivity contribution in [3.63, 3.8) is 0 Å². The molecule has 1 saturated heterocycles. The van der Waals surface area contributed by atoms with E-state index < -0.39 is 0 Å². The normalized spacial score (nSPS) is 14.2. The highest BCUT2D eigenvalue weighted by atomic mass is 35.5. The summed E-state index contributed by atoms with van der Waals surface area (Å²) in [6, 6.07) is 15.4. The highest BCUT2D eigenvalue weighted by molar-refractivity contribution is 6.43. The van der Waals surface area contributed by atoms with Crippen molar-refractivity contribution in [3.8, 4) is 11.6 Å². The molecule has 9 heteroatoms. The van der Waals surface area contributed by atoms with Crippen LogP contribution in [0.3, 0.4) is 0 Å². The molecule has 290 valence electrons. The molecule has 4 rings (SSSR count). The van der Waals surface area contributed by atoms with Gasteiger partial charge < -0.3 is 19.1 Å². The van der Waals surface area contributed by atoms with Gasteiger partial charge in [-0.25, -0.2) is 4.98 Å². The Labute approximate surface area is 333 Å². The topological polar surface area (TPSA) is 64.1 Å². The monoisotopic (exact) mass is 773 g/mol. The van der Waals surface area contributed by atoms with Gasteiger partial charge in [-0.3, -0.25) is 9.69 Å². The van der Waals surface area contributed by atoms with E-state index in [1.54, 1.807) is 6.07 Å². The molecule has 0 unspecified atom stereocenters.